The lowest BCUT2D eigenvalue weighted by Gasteiger charge is -2.12. The van der Waals surface area contributed by atoms with Gasteiger partial charge in [0.15, 0.2) is 5.01 Å². The van der Waals surface area contributed by atoms with Crippen molar-refractivity contribution in [2.45, 2.75) is 26.2 Å². The minimum Gasteiger partial charge on any atom is -0.374 e. The molecule has 3 heterocycles. The van der Waals surface area contributed by atoms with Crippen LogP contribution in [0.1, 0.15) is 23.5 Å². The number of rotatable bonds is 4. The molecule has 0 aliphatic carbocycles. The van der Waals surface area contributed by atoms with E-state index in [9.17, 15) is 0 Å². The maximum absolute atomic E-state index is 5.64. The number of likely N-dealkylation sites (tertiary alicyclic amines) is 1. The van der Waals surface area contributed by atoms with Crippen molar-refractivity contribution in [1.29, 1.82) is 0 Å². The summed E-state index contributed by atoms with van der Waals surface area (Å²) in [6, 6.07) is 0. The molecule has 0 bridgehead atoms. The molecule has 5 nitrogen and oxygen atoms in total. The zero-order valence-corrected chi connectivity index (χ0v) is 12.6. The summed E-state index contributed by atoms with van der Waals surface area (Å²) in [6.07, 6.45) is 3.71. The van der Waals surface area contributed by atoms with Gasteiger partial charge in [0.2, 0.25) is 5.13 Å². The fourth-order valence-corrected chi connectivity index (χ4v) is 4.13. The van der Waals surface area contributed by atoms with E-state index < -0.39 is 0 Å². The standard InChI is InChI=1S/C12H17N5S2/c1-8-10(11-15-16-12(13)19-11)18-9(14-8)4-7-17-5-2-3-6-17/h2-7H2,1H3,(H2,13,16). The summed E-state index contributed by atoms with van der Waals surface area (Å²) in [6.45, 7) is 5.63. The van der Waals surface area contributed by atoms with E-state index in [1.54, 1.807) is 11.3 Å². The van der Waals surface area contributed by atoms with E-state index in [0.29, 0.717) is 5.13 Å². The molecule has 1 saturated heterocycles. The molecule has 0 unspecified atom stereocenters. The van der Waals surface area contributed by atoms with E-state index in [-0.39, 0.29) is 0 Å². The summed E-state index contributed by atoms with van der Waals surface area (Å²) >= 11 is 3.15. The van der Waals surface area contributed by atoms with Crippen molar-refractivity contribution in [2.24, 2.45) is 0 Å². The largest absolute Gasteiger partial charge is 0.374 e. The quantitative estimate of drug-likeness (QED) is 0.936. The third-order valence-electron chi connectivity index (χ3n) is 3.32. The summed E-state index contributed by atoms with van der Waals surface area (Å²) in [7, 11) is 0. The monoisotopic (exact) mass is 295 g/mol. The second kappa shape index (κ2) is 5.52. The van der Waals surface area contributed by atoms with Crippen molar-refractivity contribution < 1.29 is 0 Å². The molecule has 0 atom stereocenters. The maximum atomic E-state index is 5.64. The molecule has 3 rings (SSSR count). The van der Waals surface area contributed by atoms with Gasteiger partial charge in [-0.2, -0.15) is 0 Å². The van der Waals surface area contributed by atoms with Crippen molar-refractivity contribution in [1.82, 2.24) is 20.1 Å². The summed E-state index contributed by atoms with van der Waals surface area (Å²) in [4.78, 5) is 8.28. The smallest absolute Gasteiger partial charge is 0.203 e. The first kappa shape index (κ1) is 13.0. The lowest BCUT2D eigenvalue weighted by atomic mass is 10.4. The van der Waals surface area contributed by atoms with Crippen LogP contribution in [0.25, 0.3) is 9.88 Å². The van der Waals surface area contributed by atoms with Crippen LogP contribution in [0, 0.1) is 6.92 Å². The van der Waals surface area contributed by atoms with Crippen molar-refractivity contribution in [3.63, 3.8) is 0 Å². The third kappa shape index (κ3) is 2.93. The predicted octanol–water partition coefficient (Wildman–Crippen LogP) is 2.19. The van der Waals surface area contributed by atoms with Gasteiger partial charge in [-0.1, -0.05) is 11.3 Å². The Hall–Kier alpha value is -1.05. The molecule has 0 saturated carbocycles. The van der Waals surface area contributed by atoms with Crippen LogP contribution in [0.4, 0.5) is 5.13 Å². The van der Waals surface area contributed by atoms with Crippen molar-refractivity contribution in [3.05, 3.63) is 10.7 Å². The molecule has 1 aliphatic heterocycles. The Bertz CT molecular complexity index is 556. The van der Waals surface area contributed by atoms with Crippen LogP contribution in [0.5, 0.6) is 0 Å². The first-order chi connectivity index (χ1) is 9.22. The van der Waals surface area contributed by atoms with Gasteiger partial charge in [-0.15, -0.1) is 21.5 Å². The molecule has 102 valence electrons. The highest BCUT2D eigenvalue weighted by atomic mass is 32.1. The van der Waals surface area contributed by atoms with Crippen LogP contribution in [0.2, 0.25) is 0 Å². The molecule has 2 N–H and O–H groups in total. The molecule has 7 heteroatoms. The average Bonchev–Trinajstić information content (AvgIpc) is 3.07. The fraction of sp³-hybridized carbons (Fsp3) is 0.583. The van der Waals surface area contributed by atoms with Gasteiger partial charge in [-0.3, -0.25) is 0 Å². The minimum absolute atomic E-state index is 0.515. The molecular weight excluding hydrogens is 278 g/mol. The summed E-state index contributed by atoms with van der Waals surface area (Å²) in [5.41, 5.74) is 6.68. The third-order valence-corrected chi connectivity index (χ3v) is 5.44. The van der Waals surface area contributed by atoms with Gasteiger partial charge in [-0.05, 0) is 32.9 Å². The van der Waals surface area contributed by atoms with Gasteiger partial charge in [0.25, 0.3) is 0 Å². The van der Waals surface area contributed by atoms with E-state index in [1.165, 1.54) is 42.3 Å². The highest BCUT2D eigenvalue weighted by molar-refractivity contribution is 7.23. The van der Waals surface area contributed by atoms with E-state index in [4.69, 9.17) is 5.73 Å². The van der Waals surface area contributed by atoms with E-state index in [2.05, 4.69) is 20.1 Å². The van der Waals surface area contributed by atoms with Crippen LogP contribution < -0.4 is 5.73 Å². The predicted molar refractivity (Wildman–Crippen MR) is 79.5 cm³/mol. The number of hydrogen-bond acceptors (Lipinski definition) is 7. The molecule has 1 fully saturated rings. The Kier molecular flexibility index (Phi) is 3.76. The average molecular weight is 295 g/mol. The van der Waals surface area contributed by atoms with Gasteiger partial charge in [-0.25, -0.2) is 4.98 Å². The van der Waals surface area contributed by atoms with Crippen molar-refractivity contribution in [3.8, 4) is 9.88 Å². The van der Waals surface area contributed by atoms with Crippen molar-refractivity contribution in [2.75, 3.05) is 25.4 Å². The second-order valence-corrected chi connectivity index (χ2v) is 6.86. The Labute approximate surface area is 120 Å². The number of hydrogen-bond donors (Lipinski definition) is 1. The zero-order valence-electron chi connectivity index (χ0n) is 10.9. The molecule has 19 heavy (non-hydrogen) atoms. The van der Waals surface area contributed by atoms with E-state index in [0.717, 1.165) is 28.5 Å². The highest BCUT2D eigenvalue weighted by Gasteiger charge is 2.16. The number of nitrogen functional groups attached to an aromatic ring is 1. The lowest BCUT2D eigenvalue weighted by molar-refractivity contribution is 0.343. The Morgan fingerprint density at radius 3 is 2.68 bits per heavy atom. The lowest BCUT2D eigenvalue weighted by Crippen LogP contribution is -2.21. The first-order valence-electron chi connectivity index (χ1n) is 6.50. The molecule has 2 aromatic heterocycles. The summed E-state index contributed by atoms with van der Waals surface area (Å²) < 4.78 is 0. The Morgan fingerprint density at radius 1 is 1.21 bits per heavy atom. The molecular formula is C12H17N5S2. The van der Waals surface area contributed by atoms with Crippen molar-refractivity contribution >= 4 is 27.8 Å². The van der Waals surface area contributed by atoms with Gasteiger partial charge >= 0.3 is 0 Å². The minimum atomic E-state index is 0.515. The normalized spacial score (nSPS) is 16.3. The van der Waals surface area contributed by atoms with Gasteiger partial charge in [0.05, 0.1) is 15.6 Å². The number of nitrogens with zero attached hydrogens (tertiary/aromatic N) is 4. The molecule has 2 aromatic rings. The molecule has 1 aliphatic rings. The molecule has 0 spiro atoms. The first-order valence-corrected chi connectivity index (χ1v) is 8.13. The van der Waals surface area contributed by atoms with Gasteiger partial charge < -0.3 is 10.6 Å². The zero-order chi connectivity index (χ0) is 13.2. The van der Waals surface area contributed by atoms with E-state index in [1.807, 2.05) is 6.92 Å². The van der Waals surface area contributed by atoms with Crippen LogP contribution in [0.3, 0.4) is 0 Å². The summed E-state index contributed by atoms with van der Waals surface area (Å²) in [5.74, 6) is 0. The summed E-state index contributed by atoms with van der Waals surface area (Å²) in [5, 5.41) is 10.6. The topological polar surface area (TPSA) is 67.9 Å². The number of thiazole rings is 1. The van der Waals surface area contributed by atoms with Gasteiger partial charge in [0.1, 0.15) is 0 Å². The van der Waals surface area contributed by atoms with Crippen LogP contribution in [0.15, 0.2) is 0 Å². The fourth-order valence-electron chi connectivity index (χ4n) is 2.34. The van der Waals surface area contributed by atoms with Crippen LogP contribution >= 0.6 is 22.7 Å². The number of aryl methyl sites for hydroxylation is 1. The number of anilines is 1. The molecule has 0 radical (unpaired) electrons. The number of nitrogens with two attached hydrogens (primary N) is 1. The Morgan fingerprint density at radius 2 is 2.00 bits per heavy atom. The molecule has 0 amide bonds. The number of aromatic nitrogens is 3. The van der Waals surface area contributed by atoms with Crippen LogP contribution in [-0.4, -0.2) is 39.7 Å². The SMILES string of the molecule is Cc1nc(CCN2CCCC2)sc1-c1nnc(N)s1. The van der Waals surface area contributed by atoms with Gasteiger partial charge in [0, 0.05) is 13.0 Å². The Balaban J connectivity index is 1.70. The molecule has 0 aromatic carbocycles. The highest BCUT2D eigenvalue weighted by Crippen LogP contribution is 2.33. The maximum Gasteiger partial charge on any atom is 0.203 e. The second-order valence-electron chi connectivity index (χ2n) is 4.77. The van der Waals surface area contributed by atoms with Crippen LogP contribution in [-0.2, 0) is 6.42 Å². The van der Waals surface area contributed by atoms with E-state index >= 15 is 0 Å².